The molecule has 0 radical (unpaired) electrons. The summed E-state index contributed by atoms with van der Waals surface area (Å²) < 4.78 is 5.72. The van der Waals surface area contributed by atoms with Gasteiger partial charge in [0.15, 0.2) is 0 Å². The number of aromatic nitrogens is 1. The second kappa shape index (κ2) is 7.50. The largest absolute Gasteiger partial charge is 0.372 e. The molecule has 5 aliphatic rings. The molecule has 1 aromatic carbocycles. The molecular weight excluding hydrogens is 408 g/mol. The Morgan fingerprint density at radius 2 is 1.91 bits per heavy atom. The number of hydrogen-bond acceptors (Lipinski definition) is 6. The standard InChI is InChI=1S/C24H24N4O4/c29-22-4-3-21(23(30)26-22)28-11-16-8-15(1-2-19(16)24(28)31)20-7-14(5-6-25-20)10-27-12-17-9-18(13-27)32-17/h1-2,5-8,17-18,21H,3-4,9-13H2,(H,26,29,30). The molecule has 2 bridgehead atoms. The van der Waals surface area contributed by atoms with Crippen LogP contribution >= 0.6 is 0 Å². The van der Waals surface area contributed by atoms with E-state index >= 15 is 0 Å². The molecule has 3 unspecified atom stereocenters. The van der Waals surface area contributed by atoms with Crippen LogP contribution in [-0.4, -0.2) is 63.8 Å². The van der Waals surface area contributed by atoms with E-state index in [9.17, 15) is 14.4 Å². The van der Waals surface area contributed by atoms with Gasteiger partial charge in [0.2, 0.25) is 11.8 Å². The third-order valence-corrected chi connectivity index (χ3v) is 6.88. The van der Waals surface area contributed by atoms with Crippen molar-refractivity contribution >= 4 is 17.7 Å². The number of nitrogens with one attached hydrogen (secondary N) is 1. The number of imide groups is 1. The van der Waals surface area contributed by atoms with Crippen LogP contribution in [0.4, 0.5) is 0 Å². The van der Waals surface area contributed by atoms with E-state index in [0.29, 0.717) is 30.7 Å². The summed E-state index contributed by atoms with van der Waals surface area (Å²) >= 11 is 0. The summed E-state index contributed by atoms with van der Waals surface area (Å²) in [5, 5.41) is 2.34. The van der Waals surface area contributed by atoms with Gasteiger partial charge in [-0.1, -0.05) is 6.07 Å². The number of fused-ring (bicyclic) bond motifs is 3. The fraction of sp³-hybridized carbons (Fsp3) is 0.417. The number of ether oxygens (including phenoxy) is 1. The Labute approximate surface area is 185 Å². The minimum atomic E-state index is -0.600. The van der Waals surface area contributed by atoms with Gasteiger partial charge in [-0.3, -0.25) is 29.6 Å². The van der Waals surface area contributed by atoms with Crippen LogP contribution in [-0.2, 0) is 27.4 Å². The summed E-state index contributed by atoms with van der Waals surface area (Å²) in [6.45, 7) is 3.19. The number of nitrogens with zero attached hydrogens (tertiary/aromatic N) is 3. The number of pyridine rings is 1. The molecule has 32 heavy (non-hydrogen) atoms. The zero-order valence-electron chi connectivity index (χ0n) is 17.6. The van der Waals surface area contributed by atoms with E-state index in [-0.39, 0.29) is 18.2 Å². The number of benzene rings is 1. The first-order valence-corrected chi connectivity index (χ1v) is 11.1. The lowest BCUT2D eigenvalue weighted by Gasteiger charge is -2.47. The summed E-state index contributed by atoms with van der Waals surface area (Å²) in [6.07, 6.45) is 4.41. The predicted molar refractivity (Wildman–Crippen MR) is 114 cm³/mol. The fourth-order valence-electron chi connectivity index (χ4n) is 5.29. The molecule has 2 aromatic rings. The van der Waals surface area contributed by atoms with Crippen molar-refractivity contribution in [2.75, 3.05) is 13.1 Å². The average molecular weight is 432 g/mol. The second-order valence-electron chi connectivity index (χ2n) is 9.13. The zero-order chi connectivity index (χ0) is 21.8. The Kier molecular flexibility index (Phi) is 4.58. The molecule has 1 N–H and O–H groups in total. The Morgan fingerprint density at radius 1 is 1.09 bits per heavy atom. The van der Waals surface area contributed by atoms with E-state index in [1.54, 1.807) is 4.90 Å². The molecule has 0 saturated carbocycles. The minimum Gasteiger partial charge on any atom is -0.372 e. The maximum atomic E-state index is 12.9. The lowest BCUT2D eigenvalue weighted by Crippen LogP contribution is -2.56. The maximum absolute atomic E-state index is 12.9. The molecule has 4 saturated heterocycles. The fourth-order valence-corrected chi connectivity index (χ4v) is 5.29. The van der Waals surface area contributed by atoms with Crippen molar-refractivity contribution in [3.63, 3.8) is 0 Å². The molecule has 7 rings (SSSR count). The molecule has 1 aromatic heterocycles. The summed E-state index contributed by atoms with van der Waals surface area (Å²) in [5.74, 6) is -0.829. The highest BCUT2D eigenvalue weighted by Crippen LogP contribution is 2.32. The van der Waals surface area contributed by atoms with E-state index in [4.69, 9.17) is 4.74 Å². The number of hydrogen-bond donors (Lipinski definition) is 1. The number of amides is 3. The molecule has 164 valence electrons. The predicted octanol–water partition coefficient (Wildman–Crippen LogP) is 1.48. The summed E-state index contributed by atoms with van der Waals surface area (Å²) in [7, 11) is 0. The van der Waals surface area contributed by atoms with Crippen LogP contribution in [0, 0.1) is 0 Å². The summed E-state index contributed by atoms with van der Waals surface area (Å²) in [5.41, 5.74) is 4.53. The normalized spacial score (nSPS) is 27.2. The van der Waals surface area contributed by atoms with Crippen LogP contribution in [0.5, 0.6) is 0 Å². The molecule has 5 aliphatic heterocycles. The van der Waals surface area contributed by atoms with E-state index in [1.807, 2.05) is 30.5 Å². The molecule has 4 fully saturated rings. The van der Waals surface area contributed by atoms with Gasteiger partial charge in [-0.15, -0.1) is 0 Å². The maximum Gasteiger partial charge on any atom is 0.255 e. The third-order valence-electron chi connectivity index (χ3n) is 6.88. The first kappa shape index (κ1) is 19.6. The van der Waals surface area contributed by atoms with E-state index in [1.165, 1.54) is 12.0 Å². The lowest BCUT2D eigenvalue weighted by molar-refractivity contribution is -0.182. The van der Waals surface area contributed by atoms with Gasteiger partial charge >= 0.3 is 0 Å². The van der Waals surface area contributed by atoms with Gasteiger partial charge in [0.25, 0.3) is 5.91 Å². The molecule has 0 spiro atoms. The SMILES string of the molecule is O=C1CCC(N2Cc3cc(-c4cc(CN5CC6CC(C5)O6)ccn4)ccc3C2=O)C(=O)N1. The van der Waals surface area contributed by atoms with Crippen molar-refractivity contribution in [2.45, 2.75) is 50.6 Å². The van der Waals surface area contributed by atoms with Crippen molar-refractivity contribution < 1.29 is 19.1 Å². The minimum absolute atomic E-state index is 0.159. The average Bonchev–Trinajstić information content (AvgIpc) is 3.09. The summed E-state index contributed by atoms with van der Waals surface area (Å²) in [4.78, 5) is 45.2. The van der Waals surface area contributed by atoms with E-state index < -0.39 is 11.9 Å². The topological polar surface area (TPSA) is 91.8 Å². The highest BCUT2D eigenvalue weighted by atomic mass is 16.5. The molecule has 8 nitrogen and oxygen atoms in total. The van der Waals surface area contributed by atoms with Crippen molar-refractivity contribution in [1.29, 1.82) is 0 Å². The van der Waals surface area contributed by atoms with Gasteiger partial charge in [-0.25, -0.2) is 0 Å². The van der Waals surface area contributed by atoms with Gasteiger partial charge in [0.1, 0.15) is 6.04 Å². The van der Waals surface area contributed by atoms with Gasteiger partial charge < -0.3 is 9.64 Å². The van der Waals surface area contributed by atoms with E-state index in [2.05, 4.69) is 21.3 Å². The van der Waals surface area contributed by atoms with E-state index in [0.717, 1.165) is 36.5 Å². The van der Waals surface area contributed by atoms with Gasteiger partial charge in [-0.2, -0.15) is 0 Å². The highest BCUT2D eigenvalue weighted by Gasteiger charge is 2.39. The Morgan fingerprint density at radius 3 is 2.69 bits per heavy atom. The van der Waals surface area contributed by atoms with Gasteiger partial charge in [0.05, 0.1) is 17.9 Å². The van der Waals surface area contributed by atoms with Crippen LogP contribution in [0.15, 0.2) is 36.5 Å². The first-order chi connectivity index (χ1) is 15.5. The van der Waals surface area contributed by atoms with Crippen LogP contribution in [0.1, 0.15) is 40.7 Å². The molecule has 8 heteroatoms. The molecule has 0 aliphatic carbocycles. The van der Waals surface area contributed by atoms with Crippen molar-refractivity contribution in [1.82, 2.24) is 20.1 Å². The number of rotatable bonds is 4. The summed E-state index contributed by atoms with van der Waals surface area (Å²) in [6, 6.07) is 9.29. The Bertz CT molecular complexity index is 1120. The van der Waals surface area contributed by atoms with Gasteiger partial charge in [0, 0.05) is 56.3 Å². The van der Waals surface area contributed by atoms with Crippen LogP contribution in [0.2, 0.25) is 0 Å². The quantitative estimate of drug-likeness (QED) is 0.736. The van der Waals surface area contributed by atoms with Crippen LogP contribution < -0.4 is 5.32 Å². The Balaban J connectivity index is 1.20. The first-order valence-electron chi connectivity index (χ1n) is 11.1. The van der Waals surface area contributed by atoms with Crippen LogP contribution in [0.25, 0.3) is 11.3 Å². The zero-order valence-corrected chi connectivity index (χ0v) is 17.6. The van der Waals surface area contributed by atoms with Crippen molar-refractivity contribution in [2.24, 2.45) is 0 Å². The molecular formula is C24H24N4O4. The molecule has 3 amide bonds. The number of carbonyl (C=O) groups is 3. The third kappa shape index (κ3) is 3.40. The van der Waals surface area contributed by atoms with Crippen LogP contribution in [0.3, 0.4) is 0 Å². The monoisotopic (exact) mass is 432 g/mol. The molecule has 6 heterocycles. The lowest BCUT2D eigenvalue weighted by atomic mass is 9.98. The van der Waals surface area contributed by atoms with Crippen molar-refractivity contribution in [3.05, 3.63) is 53.2 Å². The smallest absolute Gasteiger partial charge is 0.255 e. The Hall–Kier alpha value is -3.10. The number of carbonyl (C=O) groups excluding carboxylic acids is 3. The van der Waals surface area contributed by atoms with Crippen molar-refractivity contribution in [3.8, 4) is 11.3 Å². The number of piperidine rings is 2. The highest BCUT2D eigenvalue weighted by molar-refractivity contribution is 6.05. The number of morpholine rings is 1. The van der Waals surface area contributed by atoms with Gasteiger partial charge in [-0.05, 0) is 41.8 Å². The molecule has 3 atom stereocenters. The second-order valence-corrected chi connectivity index (χ2v) is 9.13.